The zero-order chi connectivity index (χ0) is 14.0. The number of halogens is 2. The predicted octanol–water partition coefficient (Wildman–Crippen LogP) is 3.30. The summed E-state index contributed by atoms with van der Waals surface area (Å²) in [6.45, 7) is 0. The number of hydrogen-bond donors (Lipinski definition) is 0. The maximum Gasteiger partial charge on any atom is 0.265 e. The van der Waals surface area contributed by atoms with Gasteiger partial charge < -0.3 is 0 Å². The largest absolute Gasteiger partial charge is 0.269 e. The number of rotatable bonds is 3. The Hall–Kier alpha value is -1.59. The van der Waals surface area contributed by atoms with Gasteiger partial charge in [-0.2, -0.15) is 0 Å². The first-order valence-corrected chi connectivity index (χ1v) is 7.24. The van der Waals surface area contributed by atoms with E-state index in [1.165, 1.54) is 7.05 Å². The van der Waals surface area contributed by atoms with Gasteiger partial charge in [-0.1, -0.05) is 29.8 Å². The smallest absolute Gasteiger partial charge is 0.265 e. The second-order valence-corrected chi connectivity index (χ2v) is 6.23. The Labute approximate surface area is 116 Å². The molecule has 0 amide bonds. The summed E-state index contributed by atoms with van der Waals surface area (Å²) in [5.41, 5.74) is 0.503. The van der Waals surface area contributed by atoms with Gasteiger partial charge in [0.05, 0.1) is 10.7 Å². The molecular weight excluding hydrogens is 289 g/mol. The Morgan fingerprint density at radius 1 is 1.11 bits per heavy atom. The molecule has 0 spiro atoms. The minimum absolute atomic E-state index is 0.123. The van der Waals surface area contributed by atoms with E-state index in [0.29, 0.717) is 5.69 Å². The summed E-state index contributed by atoms with van der Waals surface area (Å²) in [6.07, 6.45) is 0. The summed E-state index contributed by atoms with van der Waals surface area (Å²) in [4.78, 5) is -0.123. The fourth-order valence-corrected chi connectivity index (χ4v) is 3.31. The van der Waals surface area contributed by atoms with Gasteiger partial charge in [0, 0.05) is 7.05 Å². The summed E-state index contributed by atoms with van der Waals surface area (Å²) in [6, 6.07) is 11.8. The summed E-state index contributed by atoms with van der Waals surface area (Å²) in [5, 5.41) is -0.136. The van der Waals surface area contributed by atoms with Crippen molar-refractivity contribution in [1.82, 2.24) is 0 Å². The van der Waals surface area contributed by atoms with E-state index in [-0.39, 0.29) is 9.92 Å². The summed E-state index contributed by atoms with van der Waals surface area (Å²) < 4.78 is 38.8. The fraction of sp³-hybridized carbons (Fsp3) is 0.0769. The van der Waals surface area contributed by atoms with Crippen LogP contribution >= 0.6 is 11.6 Å². The molecule has 0 fully saturated rings. The lowest BCUT2D eigenvalue weighted by molar-refractivity contribution is 0.593. The van der Waals surface area contributed by atoms with Crippen LogP contribution in [0, 0.1) is 5.82 Å². The molecule has 100 valence electrons. The van der Waals surface area contributed by atoms with Gasteiger partial charge in [0.1, 0.15) is 10.7 Å². The average molecular weight is 300 g/mol. The zero-order valence-corrected chi connectivity index (χ0v) is 11.6. The van der Waals surface area contributed by atoms with Crippen LogP contribution < -0.4 is 4.31 Å². The van der Waals surface area contributed by atoms with E-state index in [9.17, 15) is 12.8 Å². The van der Waals surface area contributed by atoms with Crippen LogP contribution in [0.4, 0.5) is 10.1 Å². The number of nitrogens with zero attached hydrogens (tertiary/aromatic N) is 1. The molecule has 2 rings (SSSR count). The molecule has 19 heavy (non-hydrogen) atoms. The maximum absolute atomic E-state index is 13.0. The first kappa shape index (κ1) is 13.8. The first-order chi connectivity index (χ1) is 8.93. The van der Waals surface area contributed by atoms with Gasteiger partial charge in [-0.3, -0.25) is 4.31 Å². The van der Waals surface area contributed by atoms with Crippen LogP contribution in [-0.4, -0.2) is 15.5 Å². The number of benzene rings is 2. The van der Waals surface area contributed by atoms with E-state index in [1.807, 2.05) is 0 Å². The molecule has 0 aromatic heterocycles. The minimum Gasteiger partial charge on any atom is -0.269 e. The molecule has 0 radical (unpaired) electrons. The molecule has 3 nitrogen and oxygen atoms in total. The molecule has 0 saturated carbocycles. The number of anilines is 1. The highest BCUT2D eigenvalue weighted by molar-refractivity contribution is 7.93. The van der Waals surface area contributed by atoms with Crippen LogP contribution in [0.25, 0.3) is 0 Å². The van der Waals surface area contributed by atoms with Gasteiger partial charge in [0.25, 0.3) is 10.0 Å². The molecule has 0 N–H and O–H groups in total. The Morgan fingerprint density at radius 3 is 2.32 bits per heavy atom. The SMILES string of the molecule is CN(c1ccccc1)S(=O)(=O)c1ccc(F)cc1Cl. The molecule has 0 aliphatic heterocycles. The molecular formula is C13H11ClFNO2S. The highest BCUT2D eigenvalue weighted by Gasteiger charge is 2.24. The van der Waals surface area contributed by atoms with Crippen molar-refractivity contribution in [1.29, 1.82) is 0 Å². The molecule has 2 aromatic carbocycles. The van der Waals surface area contributed by atoms with Gasteiger partial charge in [-0.15, -0.1) is 0 Å². The van der Waals surface area contributed by atoms with Crippen molar-refractivity contribution < 1.29 is 12.8 Å². The van der Waals surface area contributed by atoms with Crippen LogP contribution in [0.3, 0.4) is 0 Å². The van der Waals surface area contributed by atoms with Crippen LogP contribution in [-0.2, 0) is 10.0 Å². The molecule has 6 heteroatoms. The lowest BCUT2D eigenvalue weighted by Crippen LogP contribution is -2.26. The molecule has 0 saturated heterocycles. The van der Waals surface area contributed by atoms with E-state index in [4.69, 9.17) is 11.6 Å². The third-order valence-electron chi connectivity index (χ3n) is 2.65. The third-order valence-corrected chi connectivity index (χ3v) is 4.92. The van der Waals surface area contributed by atoms with Crippen molar-refractivity contribution in [3.8, 4) is 0 Å². The van der Waals surface area contributed by atoms with E-state index in [0.717, 1.165) is 22.5 Å². The second kappa shape index (κ2) is 5.19. The number of sulfonamides is 1. The van der Waals surface area contributed by atoms with Crippen LogP contribution in [0.15, 0.2) is 53.4 Å². The van der Waals surface area contributed by atoms with Crippen LogP contribution in [0.1, 0.15) is 0 Å². The van der Waals surface area contributed by atoms with Crippen molar-refractivity contribution >= 4 is 27.3 Å². The minimum atomic E-state index is -3.80. The van der Waals surface area contributed by atoms with Gasteiger partial charge in [0.2, 0.25) is 0 Å². The Balaban J connectivity index is 2.48. The Bertz CT molecular complexity index is 689. The number of hydrogen-bond acceptors (Lipinski definition) is 2. The van der Waals surface area contributed by atoms with Gasteiger partial charge in [0.15, 0.2) is 0 Å². The quantitative estimate of drug-likeness (QED) is 0.872. The van der Waals surface area contributed by atoms with Crippen LogP contribution in [0.2, 0.25) is 5.02 Å². The van der Waals surface area contributed by atoms with Gasteiger partial charge in [-0.25, -0.2) is 12.8 Å². The average Bonchev–Trinajstić information content (AvgIpc) is 2.38. The highest BCUT2D eigenvalue weighted by Crippen LogP contribution is 2.27. The van der Waals surface area contributed by atoms with E-state index in [2.05, 4.69) is 0 Å². The molecule has 0 bridgehead atoms. The summed E-state index contributed by atoms with van der Waals surface area (Å²) in [5.74, 6) is -0.577. The first-order valence-electron chi connectivity index (χ1n) is 5.42. The number of para-hydroxylation sites is 1. The van der Waals surface area contributed by atoms with Gasteiger partial charge in [-0.05, 0) is 30.3 Å². The predicted molar refractivity (Wildman–Crippen MR) is 73.4 cm³/mol. The summed E-state index contributed by atoms with van der Waals surface area (Å²) >= 11 is 5.80. The molecule has 2 aromatic rings. The summed E-state index contributed by atoms with van der Waals surface area (Å²) in [7, 11) is -2.38. The molecule has 0 unspecified atom stereocenters. The Kier molecular flexibility index (Phi) is 3.78. The van der Waals surface area contributed by atoms with Crippen molar-refractivity contribution in [3.05, 3.63) is 59.4 Å². The van der Waals surface area contributed by atoms with Crippen molar-refractivity contribution in [2.45, 2.75) is 4.90 Å². The molecule has 0 aliphatic carbocycles. The van der Waals surface area contributed by atoms with Crippen LogP contribution in [0.5, 0.6) is 0 Å². The lowest BCUT2D eigenvalue weighted by Gasteiger charge is -2.20. The molecule has 0 aliphatic rings. The zero-order valence-electron chi connectivity index (χ0n) is 10.0. The van der Waals surface area contributed by atoms with Gasteiger partial charge >= 0.3 is 0 Å². The van der Waals surface area contributed by atoms with E-state index < -0.39 is 15.8 Å². The topological polar surface area (TPSA) is 37.4 Å². The normalized spacial score (nSPS) is 11.3. The monoisotopic (exact) mass is 299 g/mol. The van der Waals surface area contributed by atoms with Crippen molar-refractivity contribution in [3.63, 3.8) is 0 Å². The standard InChI is InChI=1S/C13H11ClFNO2S/c1-16(11-5-3-2-4-6-11)19(17,18)13-8-7-10(15)9-12(13)14/h2-9H,1H3. The highest BCUT2D eigenvalue weighted by atomic mass is 35.5. The third kappa shape index (κ3) is 2.72. The molecule has 0 atom stereocenters. The van der Waals surface area contributed by atoms with Crippen molar-refractivity contribution in [2.24, 2.45) is 0 Å². The maximum atomic E-state index is 13.0. The van der Waals surface area contributed by atoms with Crippen molar-refractivity contribution in [2.75, 3.05) is 11.4 Å². The van der Waals surface area contributed by atoms with E-state index in [1.54, 1.807) is 30.3 Å². The Morgan fingerprint density at radius 2 is 1.74 bits per heavy atom. The van der Waals surface area contributed by atoms with E-state index >= 15 is 0 Å². The molecule has 0 heterocycles. The lowest BCUT2D eigenvalue weighted by atomic mass is 10.3. The fourth-order valence-electron chi connectivity index (χ4n) is 1.61. The second-order valence-electron chi connectivity index (χ2n) is 3.88.